The lowest BCUT2D eigenvalue weighted by atomic mass is 10.1. The minimum absolute atomic E-state index is 0.0875. The Kier molecular flexibility index (Phi) is 5.33. The van der Waals surface area contributed by atoms with Crippen molar-refractivity contribution in [3.63, 3.8) is 0 Å². The number of fused-ring (bicyclic) bond motifs is 3. The molecule has 0 aliphatic rings. The predicted molar refractivity (Wildman–Crippen MR) is 102 cm³/mol. The van der Waals surface area contributed by atoms with Crippen LogP contribution in [0.1, 0.15) is 45.3 Å². The Balaban J connectivity index is 2.24. The normalized spacial score (nSPS) is 13.7. The number of pyridine rings is 1. The zero-order valence-corrected chi connectivity index (χ0v) is 15.7. The SMILES string of the molecule is CCC(CC)NCC(C)n1c2cc(=O)ccc2c2cc[nH]c(C(F)(F)F)c21. The molecule has 0 aliphatic heterocycles. The minimum atomic E-state index is -4.52. The summed E-state index contributed by atoms with van der Waals surface area (Å²) in [5, 5.41) is 4.56. The fourth-order valence-corrected chi connectivity index (χ4v) is 3.70. The molecule has 0 spiro atoms. The van der Waals surface area contributed by atoms with Crippen LogP contribution in [0.3, 0.4) is 0 Å². The quantitative estimate of drug-likeness (QED) is 0.644. The van der Waals surface area contributed by atoms with Gasteiger partial charge in [-0.1, -0.05) is 13.8 Å². The molecule has 0 amide bonds. The number of hydrogen-bond acceptors (Lipinski definition) is 2. The second-order valence-electron chi connectivity index (χ2n) is 6.93. The molecule has 0 fully saturated rings. The van der Waals surface area contributed by atoms with Crippen LogP contribution in [0, 0.1) is 0 Å². The molecule has 0 saturated carbocycles. The van der Waals surface area contributed by atoms with Crippen LogP contribution in [0.15, 0.2) is 35.3 Å². The lowest BCUT2D eigenvalue weighted by Crippen LogP contribution is -2.32. The van der Waals surface area contributed by atoms with Crippen LogP contribution >= 0.6 is 0 Å². The highest BCUT2D eigenvalue weighted by Gasteiger charge is 2.36. The number of aromatic nitrogens is 2. The van der Waals surface area contributed by atoms with E-state index < -0.39 is 11.9 Å². The van der Waals surface area contributed by atoms with Gasteiger partial charge in [0.25, 0.3) is 0 Å². The van der Waals surface area contributed by atoms with E-state index in [1.165, 1.54) is 18.3 Å². The molecule has 2 N–H and O–H groups in total. The molecule has 3 rings (SSSR count). The van der Waals surface area contributed by atoms with Crippen LogP contribution in [-0.4, -0.2) is 22.1 Å². The third-order valence-corrected chi connectivity index (χ3v) is 5.14. The van der Waals surface area contributed by atoms with Crippen LogP contribution in [0.2, 0.25) is 0 Å². The first-order valence-corrected chi connectivity index (χ1v) is 9.23. The third-order valence-electron chi connectivity index (χ3n) is 5.14. The van der Waals surface area contributed by atoms with Crippen LogP contribution in [-0.2, 0) is 6.18 Å². The van der Waals surface area contributed by atoms with E-state index in [0.29, 0.717) is 28.9 Å². The lowest BCUT2D eigenvalue weighted by molar-refractivity contribution is -0.140. The van der Waals surface area contributed by atoms with Crippen molar-refractivity contribution in [3.05, 3.63) is 46.4 Å². The lowest BCUT2D eigenvalue weighted by Gasteiger charge is -2.22. The summed E-state index contributed by atoms with van der Waals surface area (Å²) in [7, 11) is 0. The van der Waals surface area contributed by atoms with Gasteiger partial charge in [-0.25, -0.2) is 0 Å². The van der Waals surface area contributed by atoms with Gasteiger partial charge in [0.15, 0.2) is 5.43 Å². The van der Waals surface area contributed by atoms with E-state index >= 15 is 0 Å². The molecule has 0 saturated heterocycles. The number of H-pyrrole nitrogens is 1. The van der Waals surface area contributed by atoms with Crippen molar-refractivity contribution in [3.8, 4) is 0 Å². The van der Waals surface area contributed by atoms with Crippen LogP contribution in [0.4, 0.5) is 13.2 Å². The summed E-state index contributed by atoms with van der Waals surface area (Å²) in [5.41, 5.74) is -0.395. The molecular weight excluding hydrogens is 355 g/mol. The summed E-state index contributed by atoms with van der Waals surface area (Å²) in [4.78, 5) is 14.3. The van der Waals surface area contributed by atoms with Gasteiger partial charge in [0.05, 0.1) is 11.0 Å². The van der Waals surface area contributed by atoms with Crippen LogP contribution < -0.4 is 10.7 Å². The molecule has 0 radical (unpaired) electrons. The number of nitrogens with one attached hydrogen (secondary N) is 2. The predicted octanol–water partition coefficient (Wildman–Crippen LogP) is 4.84. The van der Waals surface area contributed by atoms with E-state index in [1.807, 2.05) is 6.92 Å². The van der Waals surface area contributed by atoms with Gasteiger partial charge in [0, 0.05) is 41.7 Å². The van der Waals surface area contributed by atoms with Crippen molar-refractivity contribution in [2.75, 3.05) is 6.54 Å². The van der Waals surface area contributed by atoms with E-state index in [-0.39, 0.29) is 17.0 Å². The number of benzene rings is 1. The number of hydrogen-bond donors (Lipinski definition) is 2. The van der Waals surface area contributed by atoms with Gasteiger partial charge in [-0.15, -0.1) is 0 Å². The van der Waals surface area contributed by atoms with Gasteiger partial charge >= 0.3 is 6.18 Å². The summed E-state index contributed by atoms with van der Waals surface area (Å²) in [6.45, 7) is 6.54. The minimum Gasteiger partial charge on any atom is -0.356 e. The van der Waals surface area contributed by atoms with Crippen molar-refractivity contribution >= 4 is 21.8 Å². The molecule has 3 aromatic rings. The first-order chi connectivity index (χ1) is 12.8. The summed E-state index contributed by atoms with van der Waals surface area (Å²) >= 11 is 0. The largest absolute Gasteiger partial charge is 0.433 e. The van der Waals surface area contributed by atoms with Gasteiger partial charge in [-0.05, 0) is 38.0 Å². The number of aromatic amines is 1. The maximum Gasteiger partial charge on any atom is 0.433 e. The molecule has 7 heteroatoms. The molecule has 1 unspecified atom stereocenters. The Labute approximate surface area is 155 Å². The number of nitrogens with zero attached hydrogens (tertiary/aromatic N) is 1. The van der Waals surface area contributed by atoms with E-state index in [4.69, 9.17) is 0 Å². The highest BCUT2D eigenvalue weighted by Crippen LogP contribution is 2.38. The van der Waals surface area contributed by atoms with Gasteiger partial charge in [0.1, 0.15) is 5.69 Å². The Morgan fingerprint density at radius 1 is 1.15 bits per heavy atom. The molecule has 1 aromatic carbocycles. The number of halogens is 3. The Hall–Kier alpha value is -2.28. The average Bonchev–Trinajstić information content (AvgIpc) is 2.94. The van der Waals surface area contributed by atoms with Gasteiger partial charge in [-0.2, -0.15) is 13.2 Å². The first kappa shape index (κ1) is 19.5. The summed E-state index contributed by atoms with van der Waals surface area (Å²) in [5.74, 6) is 0. The highest BCUT2D eigenvalue weighted by atomic mass is 19.4. The second-order valence-corrected chi connectivity index (χ2v) is 6.93. The topological polar surface area (TPSA) is 49.8 Å². The van der Waals surface area contributed by atoms with Crippen molar-refractivity contribution in [1.29, 1.82) is 0 Å². The zero-order valence-electron chi connectivity index (χ0n) is 15.7. The summed E-state index contributed by atoms with van der Waals surface area (Å²) in [6, 6.07) is 6.10. The van der Waals surface area contributed by atoms with Crippen molar-refractivity contribution in [1.82, 2.24) is 14.9 Å². The monoisotopic (exact) mass is 379 g/mol. The molecule has 27 heavy (non-hydrogen) atoms. The average molecular weight is 379 g/mol. The molecular formula is C20H24F3N3O. The maximum atomic E-state index is 13.7. The third kappa shape index (κ3) is 3.60. The van der Waals surface area contributed by atoms with E-state index in [1.54, 1.807) is 16.7 Å². The summed E-state index contributed by atoms with van der Waals surface area (Å²) < 4.78 is 42.7. The molecule has 1 atom stereocenters. The molecule has 146 valence electrons. The smallest absolute Gasteiger partial charge is 0.356 e. The Bertz CT molecular complexity index is 999. The molecule has 0 bridgehead atoms. The maximum absolute atomic E-state index is 13.7. The standard InChI is InChI=1S/C20H24F3N3O/c1-4-13(5-2)25-11-12(3)26-17-10-14(27)6-7-15(17)16-8-9-24-19(18(16)26)20(21,22)23/h6-10,12-13,24-25H,4-5,11H2,1-3H3. The molecule has 2 heterocycles. The van der Waals surface area contributed by atoms with Crippen LogP contribution in [0.5, 0.6) is 0 Å². The Morgan fingerprint density at radius 3 is 2.48 bits per heavy atom. The fraction of sp³-hybridized carbons (Fsp3) is 0.450. The number of rotatable bonds is 6. The molecule has 4 nitrogen and oxygen atoms in total. The van der Waals surface area contributed by atoms with E-state index in [9.17, 15) is 18.0 Å². The van der Waals surface area contributed by atoms with Crippen molar-refractivity contribution in [2.24, 2.45) is 0 Å². The zero-order chi connectivity index (χ0) is 19.8. The fourth-order valence-electron chi connectivity index (χ4n) is 3.70. The summed E-state index contributed by atoms with van der Waals surface area (Å²) in [6.07, 6.45) is -1.33. The first-order valence-electron chi connectivity index (χ1n) is 9.23. The molecule has 2 aromatic heterocycles. The van der Waals surface area contributed by atoms with Gasteiger partial charge in [0.2, 0.25) is 0 Å². The van der Waals surface area contributed by atoms with Gasteiger partial charge < -0.3 is 14.9 Å². The molecule has 0 aliphatic carbocycles. The van der Waals surface area contributed by atoms with Crippen molar-refractivity contribution in [2.45, 2.75) is 51.9 Å². The Morgan fingerprint density at radius 2 is 1.85 bits per heavy atom. The van der Waals surface area contributed by atoms with Crippen molar-refractivity contribution < 1.29 is 13.2 Å². The highest BCUT2D eigenvalue weighted by molar-refractivity contribution is 6.08. The number of alkyl halides is 3. The van der Waals surface area contributed by atoms with Crippen LogP contribution in [0.25, 0.3) is 21.8 Å². The van der Waals surface area contributed by atoms with Gasteiger partial charge in [-0.3, -0.25) is 4.79 Å². The second kappa shape index (κ2) is 7.38. The van der Waals surface area contributed by atoms with E-state index in [2.05, 4.69) is 24.1 Å². The van der Waals surface area contributed by atoms with E-state index in [0.717, 1.165) is 12.8 Å².